The summed E-state index contributed by atoms with van der Waals surface area (Å²) in [5.74, 6) is -0.981. The Morgan fingerprint density at radius 2 is 1.92 bits per heavy atom. The van der Waals surface area contributed by atoms with Crippen LogP contribution >= 0.6 is 0 Å². The van der Waals surface area contributed by atoms with Crippen molar-refractivity contribution in [3.8, 4) is 0 Å². The van der Waals surface area contributed by atoms with Crippen LogP contribution in [0.4, 0.5) is 0 Å². The van der Waals surface area contributed by atoms with Gasteiger partial charge >= 0.3 is 5.97 Å². The zero-order valence-corrected chi connectivity index (χ0v) is 7.62. The lowest BCUT2D eigenvalue weighted by atomic mass is 10.2. The number of aliphatic hydroxyl groups excluding tert-OH is 1. The second kappa shape index (κ2) is 12.8. The highest BCUT2D eigenvalue weighted by molar-refractivity contribution is 5.78. The van der Waals surface area contributed by atoms with E-state index in [1.165, 1.54) is 19.3 Å². The predicted molar refractivity (Wildman–Crippen MR) is 49.1 cm³/mol. The van der Waals surface area contributed by atoms with Crippen molar-refractivity contribution < 1.29 is 15.0 Å². The van der Waals surface area contributed by atoms with E-state index in [-0.39, 0.29) is 0 Å². The predicted octanol–water partition coefficient (Wildman–Crippen LogP) is 1.82. The molecule has 0 aromatic heterocycles. The highest BCUT2D eigenvalue weighted by Crippen LogP contribution is 1.95. The van der Waals surface area contributed by atoms with Crippen LogP contribution in [0.3, 0.4) is 0 Å². The smallest absolute Gasteiger partial charge is 0.327 e. The van der Waals surface area contributed by atoms with Crippen LogP contribution in [0.15, 0.2) is 12.7 Å². The van der Waals surface area contributed by atoms with Gasteiger partial charge in [-0.05, 0) is 6.42 Å². The molecule has 0 spiro atoms. The second-order valence-electron chi connectivity index (χ2n) is 2.33. The molecule has 0 atom stereocenters. The highest BCUT2D eigenvalue weighted by atomic mass is 16.4. The Balaban J connectivity index is 0. The lowest BCUT2D eigenvalue weighted by Crippen LogP contribution is -1.82. The van der Waals surface area contributed by atoms with Crippen molar-refractivity contribution in [2.75, 3.05) is 6.61 Å². The summed E-state index contributed by atoms with van der Waals surface area (Å²) in [7, 11) is 0. The molecule has 3 nitrogen and oxygen atoms in total. The third-order valence-corrected chi connectivity index (χ3v) is 1.19. The topological polar surface area (TPSA) is 57.5 Å². The van der Waals surface area contributed by atoms with E-state index in [9.17, 15) is 4.79 Å². The molecular weight excluding hydrogens is 156 g/mol. The van der Waals surface area contributed by atoms with E-state index < -0.39 is 5.97 Å². The van der Waals surface area contributed by atoms with E-state index in [0.717, 1.165) is 12.5 Å². The van der Waals surface area contributed by atoms with Gasteiger partial charge in [-0.1, -0.05) is 32.8 Å². The van der Waals surface area contributed by atoms with Gasteiger partial charge in [-0.3, -0.25) is 0 Å². The first-order valence-electron chi connectivity index (χ1n) is 4.15. The molecule has 0 saturated heterocycles. The Hall–Kier alpha value is -0.830. The summed E-state index contributed by atoms with van der Waals surface area (Å²) in [6.45, 7) is 5.49. The van der Waals surface area contributed by atoms with E-state index in [1.807, 2.05) is 0 Å². The Morgan fingerprint density at radius 3 is 2.17 bits per heavy atom. The number of aliphatic hydroxyl groups is 1. The monoisotopic (exact) mass is 174 g/mol. The summed E-state index contributed by atoms with van der Waals surface area (Å²) in [6.07, 6.45) is 5.52. The Kier molecular flexibility index (Phi) is 14.7. The number of aliphatic carboxylic acids is 1. The summed E-state index contributed by atoms with van der Waals surface area (Å²) >= 11 is 0. The molecule has 0 amide bonds. The minimum absolute atomic E-state index is 0.361. The van der Waals surface area contributed by atoms with Crippen LogP contribution in [0.1, 0.15) is 32.6 Å². The Morgan fingerprint density at radius 1 is 1.42 bits per heavy atom. The molecule has 3 heteroatoms. The van der Waals surface area contributed by atoms with Gasteiger partial charge in [0, 0.05) is 12.7 Å². The molecule has 0 heterocycles. The maximum Gasteiger partial charge on any atom is 0.327 e. The number of hydrogen-bond acceptors (Lipinski definition) is 2. The van der Waals surface area contributed by atoms with E-state index in [0.29, 0.717) is 6.61 Å². The van der Waals surface area contributed by atoms with Crippen molar-refractivity contribution in [1.82, 2.24) is 0 Å². The Labute approximate surface area is 73.7 Å². The molecule has 0 aliphatic carbocycles. The van der Waals surface area contributed by atoms with Gasteiger partial charge in [0.15, 0.2) is 0 Å². The molecule has 12 heavy (non-hydrogen) atoms. The van der Waals surface area contributed by atoms with Gasteiger partial charge < -0.3 is 10.2 Å². The molecule has 0 bridgehead atoms. The zero-order chi connectivity index (χ0) is 9.82. The molecule has 0 aromatic carbocycles. The average Bonchev–Trinajstić information content (AvgIpc) is 2.07. The largest absolute Gasteiger partial charge is 0.478 e. The summed E-state index contributed by atoms with van der Waals surface area (Å²) in [6, 6.07) is 0. The molecule has 0 radical (unpaired) electrons. The van der Waals surface area contributed by atoms with Gasteiger partial charge in [0.25, 0.3) is 0 Å². The molecule has 0 aromatic rings. The van der Waals surface area contributed by atoms with Crippen LogP contribution in [0.2, 0.25) is 0 Å². The SMILES string of the molecule is C=CC(=O)O.CCCCCCO. The van der Waals surface area contributed by atoms with Crippen molar-refractivity contribution in [3.63, 3.8) is 0 Å². The summed E-state index contributed by atoms with van der Waals surface area (Å²) in [5.41, 5.74) is 0. The fourth-order valence-electron chi connectivity index (χ4n) is 0.539. The molecule has 0 aliphatic rings. The number of rotatable bonds is 5. The maximum atomic E-state index is 9.25. The standard InChI is InChI=1S/C6H14O.C3H4O2/c1-2-3-4-5-6-7;1-2-3(4)5/h7H,2-6H2,1H3;2H,1H2,(H,4,5). The van der Waals surface area contributed by atoms with Crippen molar-refractivity contribution in [2.24, 2.45) is 0 Å². The molecule has 0 fully saturated rings. The van der Waals surface area contributed by atoms with Crippen LogP contribution in [-0.4, -0.2) is 22.8 Å². The van der Waals surface area contributed by atoms with Crippen LogP contribution in [0.5, 0.6) is 0 Å². The zero-order valence-electron chi connectivity index (χ0n) is 7.62. The first-order chi connectivity index (χ1) is 5.68. The normalized spacial score (nSPS) is 8.17. The number of hydrogen-bond donors (Lipinski definition) is 2. The average molecular weight is 174 g/mol. The van der Waals surface area contributed by atoms with Crippen LogP contribution in [0, 0.1) is 0 Å². The van der Waals surface area contributed by atoms with E-state index in [4.69, 9.17) is 10.2 Å². The fraction of sp³-hybridized carbons (Fsp3) is 0.667. The number of carbonyl (C=O) groups is 1. The van der Waals surface area contributed by atoms with Crippen LogP contribution in [0.25, 0.3) is 0 Å². The molecule has 72 valence electrons. The molecule has 0 rings (SSSR count). The summed E-state index contributed by atoms with van der Waals surface area (Å²) in [4.78, 5) is 9.25. The quantitative estimate of drug-likeness (QED) is 0.493. The van der Waals surface area contributed by atoms with Crippen LogP contribution < -0.4 is 0 Å². The van der Waals surface area contributed by atoms with Gasteiger partial charge in [0.2, 0.25) is 0 Å². The minimum Gasteiger partial charge on any atom is -0.478 e. The highest BCUT2D eigenvalue weighted by Gasteiger charge is 1.80. The third-order valence-electron chi connectivity index (χ3n) is 1.19. The minimum atomic E-state index is -0.981. The number of carboxylic acid groups (broad SMARTS) is 1. The maximum absolute atomic E-state index is 9.25. The molecule has 0 aliphatic heterocycles. The molecule has 2 N–H and O–H groups in total. The number of carboxylic acids is 1. The fourth-order valence-corrected chi connectivity index (χ4v) is 0.539. The van der Waals surface area contributed by atoms with Crippen LogP contribution in [-0.2, 0) is 4.79 Å². The van der Waals surface area contributed by atoms with Gasteiger partial charge in [0.05, 0.1) is 0 Å². The van der Waals surface area contributed by atoms with Crippen molar-refractivity contribution in [2.45, 2.75) is 32.6 Å². The second-order valence-corrected chi connectivity index (χ2v) is 2.33. The van der Waals surface area contributed by atoms with Crippen molar-refractivity contribution in [1.29, 1.82) is 0 Å². The third kappa shape index (κ3) is 22.9. The van der Waals surface area contributed by atoms with Gasteiger partial charge in [-0.25, -0.2) is 4.79 Å². The van der Waals surface area contributed by atoms with E-state index in [2.05, 4.69) is 13.5 Å². The number of unbranched alkanes of at least 4 members (excludes halogenated alkanes) is 3. The van der Waals surface area contributed by atoms with Gasteiger partial charge in [0.1, 0.15) is 0 Å². The lowest BCUT2D eigenvalue weighted by Gasteiger charge is -1.90. The van der Waals surface area contributed by atoms with E-state index >= 15 is 0 Å². The first-order valence-corrected chi connectivity index (χ1v) is 4.15. The molecule has 0 saturated carbocycles. The van der Waals surface area contributed by atoms with E-state index in [1.54, 1.807) is 0 Å². The summed E-state index contributed by atoms with van der Waals surface area (Å²) in [5, 5.41) is 15.9. The molecular formula is C9H18O3. The molecule has 0 unspecified atom stereocenters. The van der Waals surface area contributed by atoms with Gasteiger partial charge in [-0.2, -0.15) is 0 Å². The van der Waals surface area contributed by atoms with Crippen molar-refractivity contribution >= 4 is 5.97 Å². The lowest BCUT2D eigenvalue weighted by molar-refractivity contribution is -0.131. The first kappa shape index (κ1) is 13.7. The van der Waals surface area contributed by atoms with Crippen molar-refractivity contribution in [3.05, 3.63) is 12.7 Å². The van der Waals surface area contributed by atoms with Gasteiger partial charge in [-0.15, -0.1) is 0 Å². The summed E-state index contributed by atoms with van der Waals surface area (Å²) < 4.78 is 0. The Bertz CT molecular complexity index is 106.